The van der Waals surface area contributed by atoms with Crippen LogP contribution in [0.1, 0.15) is 39.0 Å². The van der Waals surface area contributed by atoms with E-state index in [2.05, 4.69) is 22.4 Å². The molecule has 2 rings (SSSR count). The maximum absolute atomic E-state index is 12.1. The summed E-state index contributed by atoms with van der Waals surface area (Å²) in [6.07, 6.45) is 9.96. The molecule has 5 nitrogen and oxygen atoms in total. The number of nitrogens with one attached hydrogen (secondary N) is 1. The van der Waals surface area contributed by atoms with Crippen molar-refractivity contribution in [1.29, 1.82) is 0 Å². The largest absolute Gasteiger partial charge is 0.355 e. The van der Waals surface area contributed by atoms with E-state index in [1.807, 2.05) is 6.92 Å². The van der Waals surface area contributed by atoms with E-state index in [9.17, 15) is 4.79 Å². The Morgan fingerprint density at radius 2 is 2.23 bits per heavy atom. The van der Waals surface area contributed by atoms with Crippen LogP contribution in [0, 0.1) is 5.92 Å². The van der Waals surface area contributed by atoms with Crippen LogP contribution in [0.3, 0.4) is 0 Å². The van der Waals surface area contributed by atoms with Crippen molar-refractivity contribution in [3.8, 4) is 0 Å². The molecule has 6 heteroatoms. The Morgan fingerprint density at radius 1 is 1.50 bits per heavy atom. The third-order valence-corrected chi connectivity index (χ3v) is 4.67. The maximum Gasteiger partial charge on any atom is 0.224 e. The van der Waals surface area contributed by atoms with Crippen LogP contribution < -0.4 is 5.32 Å². The minimum absolute atomic E-state index is 0.0728. The number of nitrogens with zero attached hydrogens (tertiary/aromatic N) is 3. The molecule has 1 unspecified atom stereocenters. The van der Waals surface area contributed by atoms with Gasteiger partial charge in [0.1, 0.15) is 0 Å². The number of rotatable bonds is 7. The number of carbonyl (C=O) groups excluding carboxylic acids is 1. The monoisotopic (exact) mass is 326 g/mol. The number of halogens is 1. The number of hydrogen-bond donors (Lipinski definition) is 1. The van der Waals surface area contributed by atoms with Gasteiger partial charge in [0.15, 0.2) is 0 Å². The average Bonchev–Trinajstić information content (AvgIpc) is 2.93. The fourth-order valence-corrected chi connectivity index (χ4v) is 3.19. The molecule has 0 radical (unpaired) electrons. The molecule has 0 aliphatic heterocycles. The molecule has 1 aliphatic rings. The minimum Gasteiger partial charge on any atom is -0.355 e. The summed E-state index contributed by atoms with van der Waals surface area (Å²) in [6, 6.07) is 0.689. The van der Waals surface area contributed by atoms with Gasteiger partial charge in [0.25, 0.3) is 0 Å². The Morgan fingerprint density at radius 3 is 2.86 bits per heavy atom. The van der Waals surface area contributed by atoms with Crippen LogP contribution in [-0.4, -0.2) is 46.8 Å². The highest BCUT2D eigenvalue weighted by Crippen LogP contribution is 2.21. The highest BCUT2D eigenvalue weighted by Gasteiger charge is 2.18. The molecule has 1 aliphatic carbocycles. The van der Waals surface area contributed by atoms with Crippen molar-refractivity contribution in [2.24, 2.45) is 5.92 Å². The summed E-state index contributed by atoms with van der Waals surface area (Å²) in [5.74, 6) is -0.0420. The molecular formula is C16H27ClN4O. The van der Waals surface area contributed by atoms with Gasteiger partial charge in [-0.05, 0) is 19.9 Å². The zero-order chi connectivity index (χ0) is 15.9. The Hall–Kier alpha value is -1.07. The maximum atomic E-state index is 12.1. The highest BCUT2D eigenvalue weighted by atomic mass is 35.5. The molecule has 1 aromatic rings. The first kappa shape index (κ1) is 17.3. The predicted molar refractivity (Wildman–Crippen MR) is 88.9 cm³/mol. The smallest absolute Gasteiger partial charge is 0.224 e. The van der Waals surface area contributed by atoms with Crippen molar-refractivity contribution in [3.63, 3.8) is 0 Å². The van der Waals surface area contributed by atoms with E-state index in [0.717, 1.165) is 6.54 Å². The molecular weight excluding hydrogens is 300 g/mol. The van der Waals surface area contributed by atoms with Gasteiger partial charge < -0.3 is 10.2 Å². The molecule has 1 saturated carbocycles. The molecule has 0 spiro atoms. The van der Waals surface area contributed by atoms with E-state index in [1.165, 1.54) is 32.1 Å². The molecule has 1 heterocycles. The molecule has 0 saturated heterocycles. The van der Waals surface area contributed by atoms with Crippen molar-refractivity contribution >= 4 is 17.5 Å². The van der Waals surface area contributed by atoms with Crippen molar-refractivity contribution in [1.82, 2.24) is 20.0 Å². The first-order chi connectivity index (χ1) is 10.6. The second-order valence-corrected chi connectivity index (χ2v) is 6.78. The average molecular weight is 327 g/mol. The van der Waals surface area contributed by atoms with Gasteiger partial charge >= 0.3 is 0 Å². The van der Waals surface area contributed by atoms with Crippen LogP contribution >= 0.6 is 11.6 Å². The first-order valence-corrected chi connectivity index (χ1v) is 8.60. The summed E-state index contributed by atoms with van der Waals surface area (Å²) in [6.45, 7) is 4.08. The molecule has 0 bridgehead atoms. The Labute approximate surface area is 138 Å². The minimum atomic E-state index is -0.115. The fraction of sp³-hybridized carbons (Fsp3) is 0.750. The van der Waals surface area contributed by atoms with Gasteiger partial charge in [-0.1, -0.05) is 37.8 Å². The second-order valence-electron chi connectivity index (χ2n) is 6.35. The van der Waals surface area contributed by atoms with Crippen LogP contribution in [0.15, 0.2) is 12.4 Å². The number of likely N-dealkylation sites (N-methyl/N-ethyl adjacent to an activating group) is 1. The van der Waals surface area contributed by atoms with Crippen molar-refractivity contribution in [3.05, 3.63) is 17.4 Å². The number of carbonyl (C=O) groups is 1. The van der Waals surface area contributed by atoms with Crippen LogP contribution in [0.25, 0.3) is 0 Å². The van der Waals surface area contributed by atoms with Crippen molar-refractivity contribution in [2.75, 3.05) is 20.1 Å². The Bertz CT molecular complexity index is 470. The third-order valence-electron chi connectivity index (χ3n) is 4.47. The number of amides is 1. The molecule has 1 aromatic heterocycles. The molecule has 124 valence electrons. The highest BCUT2D eigenvalue weighted by molar-refractivity contribution is 6.30. The SMILES string of the molecule is CC(Cn1cc(Cl)cn1)C(=O)NCCN(C)C1CCCCC1. The summed E-state index contributed by atoms with van der Waals surface area (Å²) < 4.78 is 1.71. The molecule has 1 fully saturated rings. The van der Waals surface area contributed by atoms with Gasteiger partial charge in [0.05, 0.1) is 23.7 Å². The van der Waals surface area contributed by atoms with Crippen LogP contribution in [0.4, 0.5) is 0 Å². The number of aromatic nitrogens is 2. The van der Waals surface area contributed by atoms with Crippen molar-refractivity contribution < 1.29 is 4.79 Å². The van der Waals surface area contributed by atoms with Gasteiger partial charge in [-0.25, -0.2) is 0 Å². The second kappa shape index (κ2) is 8.53. The van der Waals surface area contributed by atoms with Gasteiger partial charge in [0.2, 0.25) is 5.91 Å². The lowest BCUT2D eigenvalue weighted by molar-refractivity contribution is -0.125. The van der Waals surface area contributed by atoms with E-state index >= 15 is 0 Å². The molecule has 1 amide bonds. The van der Waals surface area contributed by atoms with Gasteiger partial charge in [-0.15, -0.1) is 0 Å². The quantitative estimate of drug-likeness (QED) is 0.837. The molecule has 22 heavy (non-hydrogen) atoms. The van der Waals surface area contributed by atoms with Crippen molar-refractivity contribution in [2.45, 2.75) is 51.6 Å². The van der Waals surface area contributed by atoms with E-state index in [-0.39, 0.29) is 11.8 Å². The molecule has 1 N–H and O–H groups in total. The van der Waals surface area contributed by atoms with E-state index in [0.29, 0.717) is 24.2 Å². The molecule has 1 atom stereocenters. The molecule has 0 aromatic carbocycles. The zero-order valence-corrected chi connectivity index (χ0v) is 14.4. The summed E-state index contributed by atoms with van der Waals surface area (Å²) in [7, 11) is 2.16. The number of hydrogen-bond acceptors (Lipinski definition) is 3. The predicted octanol–water partition coefficient (Wildman–Crippen LogP) is 2.55. The lowest BCUT2D eigenvalue weighted by Gasteiger charge is -2.31. The van der Waals surface area contributed by atoms with Gasteiger partial charge in [0, 0.05) is 25.3 Å². The standard InChI is InChI=1S/C16H27ClN4O/c1-13(11-21-12-14(17)10-19-21)16(22)18-8-9-20(2)15-6-4-3-5-7-15/h10,12-13,15H,3-9,11H2,1-2H3,(H,18,22). The lowest BCUT2D eigenvalue weighted by atomic mass is 9.94. The van der Waals surface area contributed by atoms with Crippen LogP contribution in [0.5, 0.6) is 0 Å². The summed E-state index contributed by atoms with van der Waals surface area (Å²) in [5.41, 5.74) is 0. The lowest BCUT2D eigenvalue weighted by Crippen LogP contribution is -2.41. The van der Waals surface area contributed by atoms with E-state index in [4.69, 9.17) is 11.6 Å². The normalized spacial score (nSPS) is 17.6. The zero-order valence-electron chi connectivity index (χ0n) is 13.6. The summed E-state index contributed by atoms with van der Waals surface area (Å²) in [5, 5.41) is 7.73. The van der Waals surface area contributed by atoms with Gasteiger partial charge in [-0.2, -0.15) is 5.10 Å². The Kier molecular flexibility index (Phi) is 6.70. The first-order valence-electron chi connectivity index (χ1n) is 8.22. The Balaban J connectivity index is 1.66. The van der Waals surface area contributed by atoms with Gasteiger partial charge in [-0.3, -0.25) is 9.48 Å². The fourth-order valence-electron chi connectivity index (χ4n) is 3.04. The van der Waals surface area contributed by atoms with E-state index < -0.39 is 0 Å². The van der Waals surface area contributed by atoms with Crippen LogP contribution in [0.2, 0.25) is 5.02 Å². The summed E-state index contributed by atoms with van der Waals surface area (Å²) >= 11 is 5.83. The topological polar surface area (TPSA) is 50.2 Å². The summed E-state index contributed by atoms with van der Waals surface area (Å²) in [4.78, 5) is 14.5. The third kappa shape index (κ3) is 5.29. The van der Waals surface area contributed by atoms with Crippen LogP contribution in [-0.2, 0) is 11.3 Å². The van der Waals surface area contributed by atoms with E-state index in [1.54, 1.807) is 17.1 Å².